The molecule has 0 bridgehead atoms. The smallest absolute Gasteiger partial charge is 0.132 e. The number of benzene rings is 2. The van der Waals surface area contributed by atoms with Gasteiger partial charge in [0.25, 0.3) is 0 Å². The summed E-state index contributed by atoms with van der Waals surface area (Å²) in [4.78, 5) is 0. The van der Waals surface area contributed by atoms with Crippen LogP contribution in [0.3, 0.4) is 0 Å². The highest BCUT2D eigenvalue weighted by Crippen LogP contribution is 2.41. The lowest BCUT2D eigenvalue weighted by molar-refractivity contribution is 0.465. The van der Waals surface area contributed by atoms with E-state index in [4.69, 9.17) is 4.74 Å². The van der Waals surface area contributed by atoms with Gasteiger partial charge in [0.1, 0.15) is 34.8 Å². The lowest BCUT2D eigenvalue weighted by Crippen LogP contribution is -2.52. The third kappa shape index (κ3) is 4.77. The summed E-state index contributed by atoms with van der Waals surface area (Å²) in [7, 11) is -5.03. The second-order valence-electron chi connectivity index (χ2n) is 11.4. The molecule has 0 radical (unpaired) electrons. The van der Waals surface area contributed by atoms with Crippen molar-refractivity contribution in [2.75, 3.05) is 0 Å². The van der Waals surface area contributed by atoms with Gasteiger partial charge >= 0.3 is 0 Å². The molecule has 0 aliphatic carbocycles. The summed E-state index contributed by atoms with van der Waals surface area (Å²) in [5.74, 6) is -2.97. The van der Waals surface area contributed by atoms with Crippen LogP contribution in [0.15, 0.2) is 24.3 Å². The molecule has 0 atom stereocenters. The summed E-state index contributed by atoms with van der Waals surface area (Å²) in [6.07, 6.45) is 0. The molecule has 1 nitrogen and oxygen atoms in total. The van der Waals surface area contributed by atoms with Crippen LogP contribution in [0.1, 0.15) is 41.5 Å². The van der Waals surface area contributed by atoms with Crippen molar-refractivity contribution in [3.05, 3.63) is 47.5 Å². The topological polar surface area (TPSA) is 9.23 Å². The fourth-order valence-electron chi connectivity index (χ4n) is 3.34. The molecule has 2 aromatic rings. The minimum Gasteiger partial charge on any atom is -0.457 e. The van der Waals surface area contributed by atoms with Crippen LogP contribution in [0.5, 0.6) is 11.5 Å². The zero-order valence-electron chi connectivity index (χ0n) is 20.2. The Kier molecular flexibility index (Phi) is 6.68. The molecule has 0 spiro atoms. The van der Waals surface area contributed by atoms with E-state index in [1.54, 1.807) is 0 Å². The van der Waals surface area contributed by atoms with E-state index >= 15 is 8.78 Å². The van der Waals surface area contributed by atoms with Gasteiger partial charge in [0.2, 0.25) is 0 Å². The Bertz CT molecular complexity index is 907. The summed E-state index contributed by atoms with van der Waals surface area (Å²) in [6.45, 7) is 20.0. The Balaban J connectivity index is 2.82. The molecule has 0 aliphatic rings. The summed E-state index contributed by atoms with van der Waals surface area (Å²) in [6, 6.07) is 3.95. The molecule has 0 saturated heterocycles. The van der Waals surface area contributed by atoms with Crippen molar-refractivity contribution in [3.8, 4) is 11.5 Å². The molecule has 0 aliphatic heterocycles. The molecule has 0 unspecified atom stereocenters. The summed E-state index contributed by atoms with van der Waals surface area (Å²) >= 11 is 0. The van der Waals surface area contributed by atoms with Crippen LogP contribution in [-0.4, -0.2) is 16.1 Å². The first-order chi connectivity index (χ1) is 13.8. The lowest BCUT2D eigenvalue weighted by Gasteiger charge is -2.39. The number of hydrogen-bond donors (Lipinski definition) is 0. The molecule has 0 saturated carbocycles. The SMILES string of the molecule is CC(C)(C)[Si](C)(C)c1c(F)cc(F)cc1Oc1cc(F)cc(F)c1[Si](C)(C)C(C)(C)C. The average Bonchev–Trinajstić information content (AvgIpc) is 2.50. The Labute approximate surface area is 185 Å². The largest absolute Gasteiger partial charge is 0.457 e. The van der Waals surface area contributed by atoms with Crippen LogP contribution < -0.4 is 15.1 Å². The monoisotopic (exact) mass is 470 g/mol. The van der Waals surface area contributed by atoms with Gasteiger partial charge in [-0.05, 0) is 10.1 Å². The molecule has 0 heterocycles. The highest BCUT2D eigenvalue weighted by atomic mass is 28.3. The third-order valence-corrected chi connectivity index (χ3v) is 18.2. The molecular weight excluding hydrogens is 436 g/mol. The van der Waals surface area contributed by atoms with Gasteiger partial charge in [-0.15, -0.1) is 0 Å². The minimum absolute atomic E-state index is 0.00551. The van der Waals surface area contributed by atoms with Gasteiger partial charge in [-0.3, -0.25) is 0 Å². The Morgan fingerprint density at radius 3 is 1.13 bits per heavy atom. The molecule has 172 valence electrons. The highest BCUT2D eigenvalue weighted by molar-refractivity contribution is 6.93. The van der Waals surface area contributed by atoms with Gasteiger partial charge in [-0.25, -0.2) is 17.6 Å². The van der Waals surface area contributed by atoms with E-state index in [2.05, 4.69) is 0 Å². The average molecular weight is 471 g/mol. The van der Waals surface area contributed by atoms with Crippen LogP contribution in [0.4, 0.5) is 17.6 Å². The van der Waals surface area contributed by atoms with Crippen molar-refractivity contribution in [2.24, 2.45) is 0 Å². The second kappa shape index (κ2) is 8.07. The number of ether oxygens (including phenoxy) is 1. The molecule has 2 rings (SSSR count). The first-order valence-corrected chi connectivity index (χ1v) is 16.5. The first kappa shape index (κ1) is 25.7. The molecule has 2 aromatic carbocycles. The van der Waals surface area contributed by atoms with Crippen molar-refractivity contribution in [1.29, 1.82) is 0 Å². The summed E-state index contributed by atoms with van der Waals surface area (Å²) < 4.78 is 64.7. The summed E-state index contributed by atoms with van der Waals surface area (Å²) in [5.41, 5.74) is 0. The fourth-order valence-corrected chi connectivity index (χ4v) is 7.66. The maximum absolute atomic E-state index is 15.1. The third-order valence-electron chi connectivity index (χ3n) is 7.26. The van der Waals surface area contributed by atoms with Gasteiger partial charge in [0.05, 0.1) is 16.1 Å². The predicted octanol–water partition coefficient (Wildman–Crippen LogP) is 7.47. The van der Waals surface area contributed by atoms with E-state index < -0.39 is 39.4 Å². The molecular formula is C24H34F4OSi2. The van der Waals surface area contributed by atoms with Gasteiger partial charge in [0, 0.05) is 34.6 Å². The van der Waals surface area contributed by atoms with E-state index in [9.17, 15) is 8.78 Å². The maximum Gasteiger partial charge on any atom is 0.132 e. The second-order valence-corrected chi connectivity index (χ2v) is 21.9. The van der Waals surface area contributed by atoms with Gasteiger partial charge in [-0.1, -0.05) is 67.7 Å². The van der Waals surface area contributed by atoms with Crippen molar-refractivity contribution in [2.45, 2.75) is 77.8 Å². The maximum atomic E-state index is 15.1. The quantitative estimate of drug-likeness (QED) is 0.333. The Morgan fingerprint density at radius 2 is 0.871 bits per heavy atom. The van der Waals surface area contributed by atoms with Crippen molar-refractivity contribution in [3.63, 3.8) is 0 Å². The number of rotatable bonds is 4. The Morgan fingerprint density at radius 1 is 0.581 bits per heavy atom. The summed E-state index contributed by atoms with van der Waals surface area (Å²) in [5, 5.41) is 0.0952. The highest BCUT2D eigenvalue weighted by Gasteiger charge is 2.44. The van der Waals surface area contributed by atoms with E-state index in [1.165, 1.54) is 0 Å². The minimum atomic E-state index is -2.52. The van der Waals surface area contributed by atoms with Crippen LogP contribution in [-0.2, 0) is 0 Å². The molecule has 0 amide bonds. The number of hydrogen-bond acceptors (Lipinski definition) is 1. The van der Waals surface area contributed by atoms with Gasteiger partial charge in [0.15, 0.2) is 0 Å². The zero-order chi connectivity index (χ0) is 24.2. The molecule has 7 heteroatoms. The number of halogens is 4. The van der Waals surface area contributed by atoms with Crippen LogP contribution >= 0.6 is 0 Å². The molecule has 31 heavy (non-hydrogen) atoms. The van der Waals surface area contributed by atoms with Crippen molar-refractivity contribution < 1.29 is 22.3 Å². The van der Waals surface area contributed by atoms with Crippen LogP contribution in [0.2, 0.25) is 36.3 Å². The van der Waals surface area contributed by atoms with E-state index in [-0.39, 0.29) is 21.6 Å². The van der Waals surface area contributed by atoms with Crippen molar-refractivity contribution in [1.82, 2.24) is 0 Å². The van der Waals surface area contributed by atoms with Gasteiger partial charge in [-0.2, -0.15) is 0 Å². The zero-order valence-corrected chi connectivity index (χ0v) is 22.2. The normalized spacial score (nSPS) is 13.5. The molecule has 0 aromatic heterocycles. The molecule has 0 fully saturated rings. The molecule has 0 N–H and O–H groups in total. The van der Waals surface area contributed by atoms with Gasteiger partial charge < -0.3 is 4.74 Å². The van der Waals surface area contributed by atoms with Crippen molar-refractivity contribution >= 4 is 26.5 Å². The van der Waals surface area contributed by atoms with Crippen LogP contribution in [0.25, 0.3) is 0 Å². The lowest BCUT2D eigenvalue weighted by atomic mass is 10.2. The van der Waals surface area contributed by atoms with E-state index in [1.807, 2.05) is 67.7 Å². The predicted molar refractivity (Wildman–Crippen MR) is 126 cm³/mol. The van der Waals surface area contributed by atoms with E-state index in [0.717, 1.165) is 24.3 Å². The standard InChI is InChI=1S/C24H34F4OSi2/c1-23(2,3)30(7,8)21-17(27)11-15(25)13-19(21)29-20-14-16(26)12-18(28)22(20)31(9,10)24(4,5)6/h11-14H,1-10H3. The fraction of sp³-hybridized carbons (Fsp3) is 0.500. The van der Waals surface area contributed by atoms with Crippen LogP contribution in [0, 0.1) is 23.3 Å². The van der Waals surface area contributed by atoms with E-state index in [0.29, 0.717) is 10.4 Å². The Hall–Kier alpha value is -1.61. The first-order valence-electron chi connectivity index (χ1n) is 10.5.